The van der Waals surface area contributed by atoms with Gasteiger partial charge in [0.1, 0.15) is 24.7 Å². The Morgan fingerprint density at radius 2 is 1.66 bits per heavy atom. The van der Waals surface area contributed by atoms with Gasteiger partial charge in [0, 0.05) is 31.8 Å². The van der Waals surface area contributed by atoms with E-state index in [2.05, 4.69) is 13.2 Å². The molecule has 9 heteroatoms. The Hall–Kier alpha value is -3.82. The summed E-state index contributed by atoms with van der Waals surface area (Å²) in [7, 11) is 2.94. The molecule has 2 N–H and O–H groups in total. The summed E-state index contributed by atoms with van der Waals surface area (Å²) in [5.74, 6) is -0.0302. The summed E-state index contributed by atoms with van der Waals surface area (Å²) in [6.45, 7) is 10.1. The Kier molecular flexibility index (Phi) is 12.4. The van der Waals surface area contributed by atoms with Gasteiger partial charge in [-0.15, -0.1) is 0 Å². The zero-order valence-electron chi connectivity index (χ0n) is 22.3. The predicted octanol–water partition coefficient (Wildman–Crippen LogP) is 3.33. The van der Waals surface area contributed by atoms with Crippen LogP contribution < -0.4 is 14.2 Å². The van der Waals surface area contributed by atoms with Crippen molar-refractivity contribution in [3.05, 3.63) is 71.8 Å². The molecule has 206 valence electrons. The highest BCUT2D eigenvalue weighted by molar-refractivity contribution is 6.13. The van der Waals surface area contributed by atoms with Gasteiger partial charge in [-0.25, -0.2) is 0 Å². The fraction of sp³-hybridized carbons (Fsp3) is 0.379. The van der Waals surface area contributed by atoms with Gasteiger partial charge < -0.3 is 34.1 Å². The lowest BCUT2D eigenvalue weighted by atomic mass is 9.89. The number of amides is 1. The number of hydrogen-bond donors (Lipinski definition) is 2. The number of ether oxygens (including phenoxy) is 4. The summed E-state index contributed by atoms with van der Waals surface area (Å²) < 4.78 is 22.0. The summed E-state index contributed by atoms with van der Waals surface area (Å²) in [5.41, 5.74) is 1.49. The number of nitrogens with zero attached hydrogens (tertiary/aromatic N) is 1. The number of aromatic hydroxyl groups is 1. The van der Waals surface area contributed by atoms with Gasteiger partial charge in [0.25, 0.3) is 0 Å². The van der Waals surface area contributed by atoms with Gasteiger partial charge >= 0.3 is 0 Å². The van der Waals surface area contributed by atoms with Crippen molar-refractivity contribution in [2.75, 3.05) is 53.7 Å². The van der Waals surface area contributed by atoms with Crippen molar-refractivity contribution in [3.63, 3.8) is 0 Å². The Morgan fingerprint density at radius 1 is 0.974 bits per heavy atom. The Bertz CT molecular complexity index is 1130. The first-order valence-electron chi connectivity index (χ1n) is 12.3. The second-order valence-corrected chi connectivity index (χ2v) is 8.25. The summed E-state index contributed by atoms with van der Waals surface area (Å²) in [6.07, 6.45) is 3.46. The second kappa shape index (κ2) is 15.4. The molecule has 0 heterocycles. The van der Waals surface area contributed by atoms with Crippen molar-refractivity contribution in [2.24, 2.45) is 0 Å². The predicted molar refractivity (Wildman–Crippen MR) is 145 cm³/mol. The van der Waals surface area contributed by atoms with E-state index in [9.17, 15) is 19.8 Å². The summed E-state index contributed by atoms with van der Waals surface area (Å²) in [5, 5.41) is 19.8. The normalized spacial score (nSPS) is 10.5. The number of methoxy groups -OCH3 is 2. The van der Waals surface area contributed by atoms with Gasteiger partial charge in [0.15, 0.2) is 17.3 Å². The highest BCUT2D eigenvalue weighted by Crippen LogP contribution is 2.38. The molecule has 0 atom stereocenters. The number of carbonyl (C=O) groups is 2. The molecule has 0 saturated heterocycles. The molecule has 0 aliphatic carbocycles. The third-order valence-electron chi connectivity index (χ3n) is 5.82. The number of carbonyl (C=O) groups excluding carboxylic acids is 2. The van der Waals surface area contributed by atoms with Crippen LogP contribution >= 0.6 is 0 Å². The van der Waals surface area contributed by atoms with Crippen LogP contribution in [0.3, 0.4) is 0 Å². The number of ketones is 1. The zero-order chi connectivity index (χ0) is 28.1. The molecule has 0 aromatic heterocycles. The molecule has 0 spiro atoms. The fourth-order valence-corrected chi connectivity index (χ4v) is 4.02. The third-order valence-corrected chi connectivity index (χ3v) is 5.82. The van der Waals surface area contributed by atoms with Crippen LogP contribution in [0.25, 0.3) is 0 Å². The van der Waals surface area contributed by atoms with Crippen molar-refractivity contribution in [1.29, 1.82) is 0 Å². The minimum atomic E-state index is -0.444. The molecule has 0 fully saturated rings. The zero-order valence-corrected chi connectivity index (χ0v) is 22.3. The monoisotopic (exact) mass is 527 g/mol. The van der Waals surface area contributed by atoms with E-state index in [1.54, 1.807) is 18.2 Å². The molecule has 0 bridgehead atoms. The fourth-order valence-electron chi connectivity index (χ4n) is 4.02. The first kappa shape index (κ1) is 30.4. The van der Waals surface area contributed by atoms with Gasteiger partial charge in [-0.2, -0.15) is 0 Å². The highest BCUT2D eigenvalue weighted by atomic mass is 16.5. The molecule has 0 saturated carbocycles. The molecular weight excluding hydrogens is 490 g/mol. The topological polar surface area (TPSA) is 115 Å². The first-order valence-corrected chi connectivity index (χ1v) is 12.3. The summed E-state index contributed by atoms with van der Waals surface area (Å²) in [6, 6.07) is 5.98. The smallest absolute Gasteiger partial charge is 0.227 e. The van der Waals surface area contributed by atoms with Crippen molar-refractivity contribution in [2.45, 2.75) is 19.8 Å². The molecule has 2 rings (SSSR count). The van der Waals surface area contributed by atoms with Crippen LogP contribution in [0.1, 0.15) is 34.0 Å². The van der Waals surface area contributed by atoms with Gasteiger partial charge in [-0.1, -0.05) is 32.2 Å². The van der Waals surface area contributed by atoms with Gasteiger partial charge in [0.05, 0.1) is 32.3 Å². The molecule has 1 amide bonds. The lowest BCUT2D eigenvalue weighted by Crippen LogP contribution is -2.37. The van der Waals surface area contributed by atoms with E-state index in [1.165, 1.54) is 37.3 Å². The van der Waals surface area contributed by atoms with Crippen LogP contribution in [0.5, 0.6) is 23.0 Å². The molecule has 0 aliphatic heterocycles. The molecule has 2 aromatic rings. The lowest BCUT2D eigenvalue weighted by Gasteiger charge is -2.25. The standard InChI is InChI=1S/C29H37NO8/c1-6-14-37-25-19-26(38-15-7-2)28(29(34)20-9-10-24(36-5)23(32)17-20)22(21(25)8-3)18-27(33)30(11-13-31)12-16-35-4/h6-7,9-10,17,19,31-32H,1-2,8,11-16,18H2,3-5H3. The SMILES string of the molecule is C=CCOc1cc(OCC=C)c(C(=O)c2ccc(OC)c(O)c2)c(CC(=O)N(CCO)CCOC)c1CC. The van der Waals surface area contributed by atoms with Crippen molar-refractivity contribution in [1.82, 2.24) is 4.90 Å². The average Bonchev–Trinajstić information content (AvgIpc) is 2.92. The number of phenols is 1. The minimum Gasteiger partial charge on any atom is -0.504 e. The van der Waals surface area contributed by atoms with Gasteiger partial charge in [-0.05, 0) is 35.7 Å². The van der Waals surface area contributed by atoms with E-state index in [1.807, 2.05) is 6.92 Å². The summed E-state index contributed by atoms with van der Waals surface area (Å²) in [4.78, 5) is 28.9. The average molecular weight is 528 g/mol. The number of phenolic OH excluding ortho intramolecular Hbond substituents is 1. The molecule has 9 nitrogen and oxygen atoms in total. The van der Waals surface area contributed by atoms with Crippen LogP contribution in [0, 0.1) is 0 Å². The van der Waals surface area contributed by atoms with E-state index in [-0.39, 0.29) is 73.6 Å². The Balaban J connectivity index is 2.77. The van der Waals surface area contributed by atoms with Gasteiger partial charge in [-0.3, -0.25) is 9.59 Å². The number of aliphatic hydroxyl groups is 1. The van der Waals surface area contributed by atoms with Crippen molar-refractivity contribution >= 4 is 11.7 Å². The molecular formula is C29H37NO8. The molecule has 0 unspecified atom stereocenters. The third kappa shape index (κ3) is 7.60. The molecule has 2 aromatic carbocycles. The Labute approximate surface area is 223 Å². The Morgan fingerprint density at radius 3 is 2.21 bits per heavy atom. The minimum absolute atomic E-state index is 0.109. The highest BCUT2D eigenvalue weighted by Gasteiger charge is 2.28. The van der Waals surface area contributed by atoms with E-state index in [0.29, 0.717) is 29.9 Å². The number of benzene rings is 2. The van der Waals surface area contributed by atoms with E-state index >= 15 is 0 Å². The van der Waals surface area contributed by atoms with E-state index in [4.69, 9.17) is 18.9 Å². The van der Waals surface area contributed by atoms with E-state index in [0.717, 1.165) is 0 Å². The quantitative estimate of drug-likeness (QED) is 0.238. The molecule has 38 heavy (non-hydrogen) atoms. The largest absolute Gasteiger partial charge is 0.504 e. The number of rotatable bonds is 17. The number of hydrogen-bond acceptors (Lipinski definition) is 8. The van der Waals surface area contributed by atoms with Crippen LogP contribution in [0.2, 0.25) is 0 Å². The molecule has 0 aliphatic rings. The molecule has 0 radical (unpaired) electrons. The lowest BCUT2D eigenvalue weighted by molar-refractivity contribution is -0.131. The van der Waals surface area contributed by atoms with Crippen LogP contribution in [0.15, 0.2) is 49.6 Å². The van der Waals surface area contributed by atoms with E-state index < -0.39 is 5.78 Å². The second-order valence-electron chi connectivity index (χ2n) is 8.25. The maximum atomic E-state index is 13.9. The summed E-state index contributed by atoms with van der Waals surface area (Å²) >= 11 is 0. The maximum Gasteiger partial charge on any atom is 0.227 e. The van der Waals surface area contributed by atoms with Crippen molar-refractivity contribution < 1.29 is 38.7 Å². The van der Waals surface area contributed by atoms with Crippen molar-refractivity contribution in [3.8, 4) is 23.0 Å². The first-order chi connectivity index (χ1) is 18.4. The van der Waals surface area contributed by atoms with Crippen LogP contribution in [-0.4, -0.2) is 80.5 Å². The maximum absolute atomic E-state index is 13.9. The van der Waals surface area contributed by atoms with Crippen LogP contribution in [-0.2, 0) is 22.4 Å². The van der Waals surface area contributed by atoms with Gasteiger partial charge in [0.2, 0.25) is 5.91 Å². The van der Waals surface area contributed by atoms with Crippen LogP contribution in [0.4, 0.5) is 0 Å². The number of aliphatic hydroxyl groups excluding tert-OH is 1.